The van der Waals surface area contributed by atoms with E-state index in [1.165, 1.54) is 68.8 Å². The third-order valence-corrected chi connectivity index (χ3v) is 9.26. The predicted octanol–water partition coefficient (Wildman–Crippen LogP) is 8.78. The van der Waals surface area contributed by atoms with Crippen molar-refractivity contribution in [2.75, 3.05) is 0 Å². The summed E-state index contributed by atoms with van der Waals surface area (Å²) in [6.07, 6.45) is 5.92. The molecule has 0 N–H and O–H groups in total. The molecule has 1 aliphatic carbocycles. The first-order chi connectivity index (χ1) is 18.3. The monoisotopic (exact) mass is 488 g/mol. The van der Waals surface area contributed by atoms with Crippen molar-refractivity contribution in [2.45, 2.75) is 12.3 Å². The van der Waals surface area contributed by atoms with Gasteiger partial charge in [0.25, 0.3) is 0 Å². The van der Waals surface area contributed by atoms with Gasteiger partial charge >= 0.3 is 0 Å². The maximum absolute atomic E-state index is 2.46. The van der Waals surface area contributed by atoms with Crippen LogP contribution in [0.3, 0.4) is 0 Å². The molecule has 0 spiro atoms. The molecule has 1 heteroatoms. The summed E-state index contributed by atoms with van der Waals surface area (Å²) in [5, 5.41) is 10.7. The quantitative estimate of drug-likeness (QED) is 0.228. The zero-order valence-electron chi connectivity index (χ0n) is 20.3. The molecule has 0 aliphatic heterocycles. The Hall–Kier alpha value is -4.20. The molecule has 0 fully saturated rings. The van der Waals surface area contributed by atoms with Crippen molar-refractivity contribution in [3.8, 4) is 11.1 Å². The summed E-state index contributed by atoms with van der Waals surface area (Å²) in [6, 6.07) is 42.6. The number of benzene rings is 6. The molecule has 0 saturated heterocycles. The smallest absolute Gasteiger partial charge is 0.0433 e. The van der Waals surface area contributed by atoms with Gasteiger partial charge in [-0.15, -0.1) is 11.3 Å². The summed E-state index contributed by atoms with van der Waals surface area (Å²) in [7, 11) is 0. The summed E-state index contributed by atoms with van der Waals surface area (Å²) >= 11 is 1.96. The molecule has 8 rings (SSSR count). The van der Waals surface area contributed by atoms with E-state index in [9.17, 15) is 0 Å². The van der Waals surface area contributed by atoms with Gasteiger partial charge in [-0.2, -0.15) is 0 Å². The fraction of sp³-hybridized carbons (Fsp3) is 0.0556. The molecule has 0 saturated carbocycles. The first-order valence-electron chi connectivity index (χ1n) is 13.0. The van der Waals surface area contributed by atoms with Crippen molar-refractivity contribution in [2.24, 2.45) is 0 Å². The summed E-state index contributed by atoms with van der Waals surface area (Å²) in [6.45, 7) is 0. The lowest BCUT2D eigenvalue weighted by Crippen LogP contribution is -2.27. The Morgan fingerprint density at radius 3 is 2.14 bits per heavy atom. The molecule has 0 amide bonds. The van der Waals surface area contributed by atoms with Crippen molar-refractivity contribution in [3.05, 3.63) is 131 Å². The topological polar surface area (TPSA) is 0 Å². The molecule has 1 heterocycles. The van der Waals surface area contributed by atoms with Crippen LogP contribution in [-0.4, -0.2) is 0 Å². The molecular weight excluding hydrogens is 464 g/mol. The van der Waals surface area contributed by atoms with Crippen LogP contribution in [0.2, 0.25) is 0 Å². The van der Waals surface area contributed by atoms with Crippen molar-refractivity contribution in [1.82, 2.24) is 0 Å². The number of hydrogen-bond acceptors (Lipinski definition) is 1. The molecule has 1 aromatic heterocycles. The van der Waals surface area contributed by atoms with E-state index >= 15 is 0 Å². The highest BCUT2D eigenvalue weighted by atomic mass is 32.1. The third-order valence-electron chi connectivity index (χ3n) is 7.96. The lowest BCUT2D eigenvalue weighted by molar-refractivity contribution is 0.932. The van der Waals surface area contributed by atoms with Gasteiger partial charge in [0.05, 0.1) is 0 Å². The molecule has 7 aromatic rings. The highest BCUT2D eigenvalue weighted by Gasteiger charge is 2.17. The van der Waals surface area contributed by atoms with Gasteiger partial charge < -0.3 is 0 Å². The molecular formula is C36H24S. The molecule has 174 valence electrons. The van der Waals surface area contributed by atoms with Gasteiger partial charge in [-0.3, -0.25) is 0 Å². The van der Waals surface area contributed by atoms with Crippen LogP contribution in [0.25, 0.3) is 65.0 Å². The van der Waals surface area contributed by atoms with Crippen molar-refractivity contribution >= 4 is 65.2 Å². The van der Waals surface area contributed by atoms with E-state index in [2.05, 4.69) is 127 Å². The van der Waals surface area contributed by atoms with E-state index in [4.69, 9.17) is 0 Å². The van der Waals surface area contributed by atoms with E-state index < -0.39 is 0 Å². The van der Waals surface area contributed by atoms with Crippen molar-refractivity contribution in [3.63, 3.8) is 0 Å². The normalized spacial score (nSPS) is 15.1. The Balaban J connectivity index is 1.28. The molecule has 37 heavy (non-hydrogen) atoms. The van der Waals surface area contributed by atoms with Crippen LogP contribution in [0, 0.1) is 0 Å². The summed E-state index contributed by atoms with van der Waals surface area (Å²) in [5.74, 6) is 0.414. The molecule has 0 radical (unpaired) electrons. The zero-order valence-corrected chi connectivity index (χ0v) is 21.1. The minimum Gasteiger partial charge on any atom is -0.134 e. The number of fused-ring (bicyclic) bond motifs is 7. The number of thiophene rings is 1. The molecule has 1 unspecified atom stereocenters. The summed E-state index contributed by atoms with van der Waals surface area (Å²) in [4.78, 5) is 0. The van der Waals surface area contributed by atoms with Gasteiger partial charge in [-0.1, -0.05) is 115 Å². The van der Waals surface area contributed by atoms with Crippen LogP contribution in [0.1, 0.15) is 17.9 Å². The SMILES string of the molecule is C1=c2ccccc2=CC(c2cccc3c2sc2c4ccc(-c5ccc6ccccc6c5)cc4ccc32)C1. The molecule has 0 nitrogen and oxygen atoms in total. The minimum absolute atomic E-state index is 0.414. The second-order valence-electron chi connectivity index (χ2n) is 10.1. The number of hydrogen-bond donors (Lipinski definition) is 0. The van der Waals surface area contributed by atoms with Crippen LogP contribution >= 0.6 is 11.3 Å². The molecule has 1 atom stereocenters. The average Bonchev–Trinajstić information content (AvgIpc) is 3.36. The minimum atomic E-state index is 0.414. The van der Waals surface area contributed by atoms with E-state index in [1.54, 1.807) is 0 Å². The first kappa shape index (κ1) is 20.9. The fourth-order valence-electron chi connectivity index (χ4n) is 6.05. The lowest BCUT2D eigenvalue weighted by Gasteiger charge is -2.15. The van der Waals surface area contributed by atoms with Crippen LogP contribution in [0.4, 0.5) is 0 Å². The summed E-state index contributed by atoms with van der Waals surface area (Å²) < 4.78 is 2.82. The zero-order chi connectivity index (χ0) is 24.3. The van der Waals surface area contributed by atoms with Crippen LogP contribution < -0.4 is 10.4 Å². The highest BCUT2D eigenvalue weighted by molar-refractivity contribution is 7.26. The second kappa shape index (κ2) is 8.16. The Bertz CT molecular complexity index is 2130. The Labute approximate surface area is 219 Å². The Kier molecular flexibility index (Phi) is 4.62. The van der Waals surface area contributed by atoms with Gasteiger partial charge in [0.2, 0.25) is 0 Å². The van der Waals surface area contributed by atoms with Crippen LogP contribution in [-0.2, 0) is 0 Å². The molecule has 1 aliphatic rings. The van der Waals surface area contributed by atoms with E-state index in [0.717, 1.165) is 6.42 Å². The first-order valence-corrected chi connectivity index (χ1v) is 13.8. The van der Waals surface area contributed by atoms with Crippen LogP contribution in [0.5, 0.6) is 0 Å². The maximum atomic E-state index is 2.46. The Morgan fingerprint density at radius 1 is 0.514 bits per heavy atom. The lowest BCUT2D eigenvalue weighted by atomic mass is 9.89. The fourth-order valence-corrected chi connectivity index (χ4v) is 7.46. The van der Waals surface area contributed by atoms with Crippen LogP contribution in [0.15, 0.2) is 115 Å². The second-order valence-corrected chi connectivity index (χ2v) is 11.1. The predicted molar refractivity (Wildman–Crippen MR) is 162 cm³/mol. The van der Waals surface area contributed by atoms with Gasteiger partial charge in [-0.25, -0.2) is 0 Å². The van der Waals surface area contributed by atoms with E-state index in [0.29, 0.717) is 5.92 Å². The van der Waals surface area contributed by atoms with E-state index in [-0.39, 0.29) is 0 Å². The highest BCUT2D eigenvalue weighted by Crippen LogP contribution is 2.43. The Morgan fingerprint density at radius 2 is 1.22 bits per heavy atom. The largest absolute Gasteiger partial charge is 0.134 e. The molecule has 6 aromatic carbocycles. The number of rotatable bonds is 2. The van der Waals surface area contributed by atoms with Crippen molar-refractivity contribution < 1.29 is 0 Å². The van der Waals surface area contributed by atoms with Gasteiger partial charge in [0.1, 0.15) is 0 Å². The average molecular weight is 489 g/mol. The van der Waals surface area contributed by atoms with E-state index in [1.807, 2.05) is 11.3 Å². The van der Waals surface area contributed by atoms with Gasteiger partial charge in [-0.05, 0) is 67.2 Å². The molecule has 0 bridgehead atoms. The summed E-state index contributed by atoms with van der Waals surface area (Å²) in [5.41, 5.74) is 3.99. The van der Waals surface area contributed by atoms with Gasteiger partial charge in [0.15, 0.2) is 0 Å². The maximum Gasteiger partial charge on any atom is 0.0433 e. The van der Waals surface area contributed by atoms with Gasteiger partial charge in [0, 0.05) is 26.1 Å². The van der Waals surface area contributed by atoms with Crippen molar-refractivity contribution in [1.29, 1.82) is 0 Å². The standard InChI is InChI=1S/C36H24S/c1-3-8-25-20-27(14-12-23(25)6-1)28-16-18-32-30(22-28)17-19-34-33-11-5-10-31(35(33)37-36(32)34)29-15-13-24-7-2-4-9-26(24)21-29/h1-14,16-22,29H,15H2. The third kappa shape index (κ3) is 3.35.